The van der Waals surface area contributed by atoms with Crippen molar-refractivity contribution in [2.24, 2.45) is 11.8 Å². The lowest BCUT2D eigenvalue weighted by atomic mass is 9.76. The zero-order chi connectivity index (χ0) is 17.9. The Morgan fingerprint density at radius 3 is 2.08 bits per heavy atom. The van der Waals surface area contributed by atoms with Crippen LogP contribution in [0.4, 0.5) is 4.79 Å². The second-order valence-corrected chi connectivity index (χ2v) is 7.50. The monoisotopic (exact) mass is 339 g/mol. The van der Waals surface area contributed by atoms with Gasteiger partial charge in [0.2, 0.25) is 5.91 Å². The fraction of sp³-hybridized carbons (Fsp3) is 0.824. The van der Waals surface area contributed by atoms with Gasteiger partial charge >= 0.3 is 12.0 Å². The molecule has 2 N–H and O–H groups in total. The number of nitrogens with zero attached hydrogens (tertiary/aromatic N) is 2. The average Bonchev–Trinajstić information content (AvgIpc) is 2.56. The molecule has 1 aliphatic carbocycles. The molecular formula is C17H29N3O4. The van der Waals surface area contributed by atoms with Crippen LogP contribution < -0.4 is 5.32 Å². The molecule has 0 aromatic heterocycles. The Hall–Kier alpha value is -1.79. The number of aliphatic carboxylic acids is 1. The van der Waals surface area contributed by atoms with Gasteiger partial charge in [0.15, 0.2) is 0 Å². The van der Waals surface area contributed by atoms with Crippen molar-refractivity contribution in [1.82, 2.24) is 15.1 Å². The number of hydrogen-bond donors (Lipinski definition) is 2. The number of carboxylic acids is 1. The van der Waals surface area contributed by atoms with E-state index in [1.54, 1.807) is 19.0 Å². The molecule has 0 spiro atoms. The minimum atomic E-state index is -1.11. The van der Waals surface area contributed by atoms with Gasteiger partial charge in [-0.15, -0.1) is 0 Å². The highest BCUT2D eigenvalue weighted by Crippen LogP contribution is 2.33. The highest BCUT2D eigenvalue weighted by atomic mass is 16.4. The lowest BCUT2D eigenvalue weighted by molar-refractivity contribution is -0.150. The number of amides is 3. The maximum Gasteiger partial charge on any atom is 0.329 e. The van der Waals surface area contributed by atoms with Gasteiger partial charge in [-0.25, -0.2) is 9.59 Å². The van der Waals surface area contributed by atoms with E-state index in [2.05, 4.69) is 12.2 Å². The fourth-order valence-electron chi connectivity index (χ4n) is 3.60. The van der Waals surface area contributed by atoms with E-state index in [9.17, 15) is 19.5 Å². The second kappa shape index (κ2) is 7.40. The maximum absolute atomic E-state index is 12.6. The van der Waals surface area contributed by atoms with Crippen molar-refractivity contribution < 1.29 is 19.5 Å². The van der Waals surface area contributed by atoms with Crippen molar-refractivity contribution in [2.45, 2.75) is 51.0 Å². The first-order valence-corrected chi connectivity index (χ1v) is 8.77. The van der Waals surface area contributed by atoms with E-state index in [-0.39, 0.29) is 17.9 Å². The summed E-state index contributed by atoms with van der Waals surface area (Å²) in [7, 11) is 3.42. The molecule has 1 aliphatic heterocycles. The highest BCUT2D eigenvalue weighted by Gasteiger charge is 2.43. The number of urea groups is 1. The summed E-state index contributed by atoms with van der Waals surface area (Å²) in [6.45, 7) is 3.18. The molecule has 2 fully saturated rings. The van der Waals surface area contributed by atoms with E-state index >= 15 is 0 Å². The number of piperidine rings is 1. The Morgan fingerprint density at radius 1 is 1.08 bits per heavy atom. The zero-order valence-electron chi connectivity index (χ0n) is 14.9. The molecule has 0 unspecified atom stereocenters. The largest absolute Gasteiger partial charge is 0.480 e. The van der Waals surface area contributed by atoms with Gasteiger partial charge in [0.05, 0.1) is 0 Å². The SMILES string of the molecule is CC1CCC(NC(=O)C2CCN(C(=O)N(C)C)CC2)(C(=O)O)CC1. The van der Waals surface area contributed by atoms with Crippen molar-refractivity contribution in [3.05, 3.63) is 0 Å². The quantitative estimate of drug-likeness (QED) is 0.816. The summed E-state index contributed by atoms with van der Waals surface area (Å²) < 4.78 is 0. The molecule has 1 saturated heterocycles. The average molecular weight is 339 g/mol. The van der Waals surface area contributed by atoms with Crippen LogP contribution >= 0.6 is 0 Å². The van der Waals surface area contributed by atoms with Gasteiger partial charge in [0.1, 0.15) is 5.54 Å². The predicted molar refractivity (Wildman–Crippen MR) is 89.5 cm³/mol. The molecule has 1 heterocycles. The number of nitrogens with one attached hydrogen (secondary N) is 1. The molecular weight excluding hydrogens is 310 g/mol. The molecule has 24 heavy (non-hydrogen) atoms. The Kier molecular flexibility index (Phi) is 5.72. The van der Waals surface area contributed by atoms with Crippen LogP contribution in [0.1, 0.15) is 45.4 Å². The number of likely N-dealkylation sites (tertiary alicyclic amines) is 1. The van der Waals surface area contributed by atoms with Gasteiger partial charge in [-0.2, -0.15) is 0 Å². The molecule has 0 aromatic carbocycles. The molecule has 0 aromatic rings. The van der Waals surface area contributed by atoms with Crippen molar-refractivity contribution in [1.29, 1.82) is 0 Å². The van der Waals surface area contributed by atoms with Crippen LogP contribution in [-0.4, -0.2) is 65.5 Å². The third-order valence-electron chi connectivity index (χ3n) is 5.42. The van der Waals surface area contributed by atoms with Crippen molar-refractivity contribution in [2.75, 3.05) is 27.2 Å². The van der Waals surface area contributed by atoms with Crippen LogP contribution in [0.2, 0.25) is 0 Å². The minimum Gasteiger partial charge on any atom is -0.480 e. The Balaban J connectivity index is 1.93. The van der Waals surface area contributed by atoms with E-state index in [1.165, 1.54) is 4.90 Å². The Morgan fingerprint density at radius 2 is 1.62 bits per heavy atom. The van der Waals surface area contributed by atoms with E-state index in [0.29, 0.717) is 44.7 Å². The van der Waals surface area contributed by atoms with Crippen LogP contribution in [-0.2, 0) is 9.59 Å². The molecule has 2 aliphatic rings. The summed E-state index contributed by atoms with van der Waals surface area (Å²) in [5, 5.41) is 12.5. The number of carbonyl (C=O) groups is 3. The summed E-state index contributed by atoms with van der Waals surface area (Å²) in [6.07, 6.45) is 3.79. The van der Waals surface area contributed by atoms with Crippen LogP contribution in [0, 0.1) is 11.8 Å². The van der Waals surface area contributed by atoms with Crippen LogP contribution in [0.25, 0.3) is 0 Å². The normalized spacial score (nSPS) is 28.3. The van der Waals surface area contributed by atoms with Crippen LogP contribution in [0.3, 0.4) is 0 Å². The topological polar surface area (TPSA) is 90.0 Å². The van der Waals surface area contributed by atoms with E-state index in [4.69, 9.17) is 0 Å². The molecule has 7 heteroatoms. The predicted octanol–water partition coefficient (Wildman–Crippen LogP) is 1.53. The van der Waals surface area contributed by atoms with Gasteiger partial charge in [-0.1, -0.05) is 6.92 Å². The number of carboxylic acid groups (broad SMARTS) is 1. The standard InChI is InChI=1S/C17H29N3O4/c1-12-4-8-17(9-5-12,15(22)23)18-14(21)13-6-10-20(11-7-13)16(24)19(2)3/h12-13H,4-11H2,1-3H3,(H,18,21)(H,22,23). The molecule has 0 bridgehead atoms. The third kappa shape index (κ3) is 3.99. The Labute approximate surface area is 143 Å². The number of carbonyl (C=O) groups excluding carboxylic acids is 2. The smallest absolute Gasteiger partial charge is 0.329 e. The lowest BCUT2D eigenvalue weighted by Gasteiger charge is -2.39. The summed E-state index contributed by atoms with van der Waals surface area (Å²) in [4.78, 5) is 39.5. The second-order valence-electron chi connectivity index (χ2n) is 7.50. The first kappa shape index (κ1) is 18.5. The van der Waals surface area contributed by atoms with Crippen molar-refractivity contribution >= 4 is 17.9 Å². The van der Waals surface area contributed by atoms with Crippen molar-refractivity contribution in [3.63, 3.8) is 0 Å². The molecule has 3 amide bonds. The molecule has 7 nitrogen and oxygen atoms in total. The summed E-state index contributed by atoms with van der Waals surface area (Å²) in [6, 6.07) is -0.0443. The molecule has 0 radical (unpaired) electrons. The third-order valence-corrected chi connectivity index (χ3v) is 5.42. The van der Waals surface area contributed by atoms with Crippen LogP contribution in [0.15, 0.2) is 0 Å². The first-order chi connectivity index (χ1) is 11.2. The van der Waals surface area contributed by atoms with E-state index < -0.39 is 11.5 Å². The van der Waals surface area contributed by atoms with Crippen molar-refractivity contribution in [3.8, 4) is 0 Å². The summed E-state index contributed by atoms with van der Waals surface area (Å²) >= 11 is 0. The van der Waals surface area contributed by atoms with Gasteiger partial charge in [-0.05, 0) is 44.4 Å². The minimum absolute atomic E-state index is 0.0443. The first-order valence-electron chi connectivity index (χ1n) is 8.77. The fourth-order valence-corrected chi connectivity index (χ4v) is 3.60. The van der Waals surface area contributed by atoms with Gasteiger partial charge < -0.3 is 20.2 Å². The maximum atomic E-state index is 12.6. The Bertz CT molecular complexity index is 490. The molecule has 136 valence electrons. The van der Waals surface area contributed by atoms with Crippen LogP contribution in [0.5, 0.6) is 0 Å². The molecule has 1 saturated carbocycles. The number of rotatable bonds is 3. The number of hydrogen-bond acceptors (Lipinski definition) is 3. The van der Waals surface area contributed by atoms with E-state index in [0.717, 1.165) is 12.8 Å². The summed E-state index contributed by atoms with van der Waals surface area (Å²) in [5.74, 6) is -0.812. The van der Waals surface area contributed by atoms with Gasteiger partial charge in [0, 0.05) is 33.1 Å². The highest BCUT2D eigenvalue weighted by molar-refractivity contribution is 5.88. The van der Waals surface area contributed by atoms with Gasteiger partial charge in [-0.3, -0.25) is 4.79 Å². The zero-order valence-corrected chi connectivity index (χ0v) is 14.9. The summed E-state index contributed by atoms with van der Waals surface area (Å²) in [5.41, 5.74) is -1.11. The van der Waals surface area contributed by atoms with Gasteiger partial charge in [0.25, 0.3) is 0 Å². The molecule has 0 atom stereocenters. The lowest BCUT2D eigenvalue weighted by Crippen LogP contribution is -2.58. The molecule has 2 rings (SSSR count). The van der Waals surface area contributed by atoms with E-state index in [1.807, 2.05) is 0 Å².